The van der Waals surface area contributed by atoms with Crippen LogP contribution >= 0.6 is 0 Å². The first-order valence-electron chi connectivity index (χ1n) is 11.2. The number of guanidine groups is 1. The van der Waals surface area contributed by atoms with E-state index >= 15 is 0 Å². The van der Waals surface area contributed by atoms with E-state index in [1.807, 2.05) is 7.05 Å². The van der Waals surface area contributed by atoms with E-state index in [1.165, 1.54) is 24.9 Å². The zero-order valence-electron chi connectivity index (χ0n) is 17.9. The lowest BCUT2D eigenvalue weighted by atomic mass is 10.0. The highest BCUT2D eigenvalue weighted by molar-refractivity contribution is 5.79. The molecule has 0 aromatic heterocycles. The summed E-state index contributed by atoms with van der Waals surface area (Å²) in [6.07, 6.45) is 5.69. The standard InChI is InChI=1S/C23H38N4O2/c1-24-23(25-12-6-14-29-19-21-10-15-28-16-11-21)26-22-9-5-13-27(18-22)17-20-7-3-2-4-8-20/h2-4,7-8,21-22H,5-6,9-19H2,1H3,(H2,24,25,26). The Bertz CT molecular complexity index is 590. The molecule has 29 heavy (non-hydrogen) atoms. The van der Waals surface area contributed by atoms with Crippen LogP contribution in [0.15, 0.2) is 35.3 Å². The van der Waals surface area contributed by atoms with Crippen molar-refractivity contribution < 1.29 is 9.47 Å². The fourth-order valence-corrected chi connectivity index (χ4v) is 4.09. The van der Waals surface area contributed by atoms with Gasteiger partial charge in [-0.3, -0.25) is 9.89 Å². The smallest absolute Gasteiger partial charge is 0.191 e. The van der Waals surface area contributed by atoms with Gasteiger partial charge < -0.3 is 20.1 Å². The highest BCUT2D eigenvalue weighted by Crippen LogP contribution is 2.15. The summed E-state index contributed by atoms with van der Waals surface area (Å²) in [6.45, 7) is 7.59. The largest absolute Gasteiger partial charge is 0.381 e. The van der Waals surface area contributed by atoms with Gasteiger partial charge in [-0.25, -0.2) is 0 Å². The van der Waals surface area contributed by atoms with Gasteiger partial charge in [-0.1, -0.05) is 30.3 Å². The molecule has 1 unspecified atom stereocenters. The van der Waals surface area contributed by atoms with Gasteiger partial charge in [0.2, 0.25) is 0 Å². The summed E-state index contributed by atoms with van der Waals surface area (Å²) in [5.74, 6) is 1.58. The molecule has 162 valence electrons. The van der Waals surface area contributed by atoms with Crippen molar-refractivity contribution in [3.8, 4) is 0 Å². The number of aliphatic imine (C=N–C) groups is 1. The van der Waals surface area contributed by atoms with Crippen LogP contribution in [0.4, 0.5) is 0 Å². The summed E-state index contributed by atoms with van der Waals surface area (Å²) in [5.41, 5.74) is 1.39. The number of hydrogen-bond acceptors (Lipinski definition) is 4. The van der Waals surface area contributed by atoms with Crippen molar-refractivity contribution in [3.05, 3.63) is 35.9 Å². The third kappa shape index (κ3) is 8.33. The molecule has 3 rings (SSSR count). The normalized spacial score (nSPS) is 21.8. The maximum atomic E-state index is 5.85. The van der Waals surface area contributed by atoms with Gasteiger partial charge in [-0.05, 0) is 50.1 Å². The number of hydrogen-bond donors (Lipinski definition) is 2. The molecule has 1 atom stereocenters. The average molecular weight is 403 g/mol. The molecule has 1 aromatic carbocycles. The van der Waals surface area contributed by atoms with Crippen LogP contribution in [0.25, 0.3) is 0 Å². The van der Waals surface area contributed by atoms with Crippen molar-refractivity contribution in [1.29, 1.82) is 0 Å². The molecule has 0 aliphatic carbocycles. The van der Waals surface area contributed by atoms with Crippen molar-refractivity contribution >= 4 is 5.96 Å². The molecule has 0 amide bonds. The van der Waals surface area contributed by atoms with Gasteiger partial charge in [0.05, 0.1) is 0 Å². The minimum absolute atomic E-state index is 0.448. The Hall–Kier alpha value is -1.63. The molecule has 0 saturated carbocycles. The highest BCUT2D eigenvalue weighted by Gasteiger charge is 2.20. The van der Waals surface area contributed by atoms with Gasteiger partial charge >= 0.3 is 0 Å². The van der Waals surface area contributed by atoms with Crippen LogP contribution in [-0.2, 0) is 16.0 Å². The van der Waals surface area contributed by atoms with E-state index in [0.717, 1.165) is 71.3 Å². The molecular formula is C23H38N4O2. The fourth-order valence-electron chi connectivity index (χ4n) is 4.09. The number of rotatable bonds is 9. The van der Waals surface area contributed by atoms with E-state index in [1.54, 1.807) is 0 Å². The van der Waals surface area contributed by atoms with E-state index in [4.69, 9.17) is 9.47 Å². The second-order valence-electron chi connectivity index (χ2n) is 8.19. The van der Waals surface area contributed by atoms with Crippen LogP contribution in [0, 0.1) is 5.92 Å². The Balaban J connectivity index is 1.28. The number of ether oxygens (including phenoxy) is 2. The Morgan fingerprint density at radius 1 is 1.21 bits per heavy atom. The van der Waals surface area contributed by atoms with Crippen LogP contribution in [0.1, 0.15) is 37.7 Å². The zero-order valence-corrected chi connectivity index (χ0v) is 17.9. The predicted octanol–water partition coefficient (Wildman–Crippen LogP) is 2.65. The van der Waals surface area contributed by atoms with Gasteiger partial charge in [-0.2, -0.15) is 0 Å². The van der Waals surface area contributed by atoms with Crippen molar-refractivity contribution in [2.75, 3.05) is 53.1 Å². The first kappa shape index (κ1) is 22.1. The molecule has 2 aliphatic heterocycles. The van der Waals surface area contributed by atoms with Crippen LogP contribution in [-0.4, -0.2) is 70.0 Å². The van der Waals surface area contributed by atoms with Gasteiger partial charge in [0.15, 0.2) is 5.96 Å². The van der Waals surface area contributed by atoms with Gasteiger partial charge in [0, 0.05) is 59.2 Å². The number of likely N-dealkylation sites (tertiary alicyclic amines) is 1. The topological polar surface area (TPSA) is 58.1 Å². The summed E-state index contributed by atoms with van der Waals surface area (Å²) in [4.78, 5) is 6.94. The molecule has 2 N–H and O–H groups in total. The summed E-state index contributed by atoms with van der Waals surface area (Å²) in [5, 5.41) is 7.05. The number of nitrogens with zero attached hydrogens (tertiary/aromatic N) is 2. The number of piperidine rings is 1. The summed E-state index contributed by atoms with van der Waals surface area (Å²) >= 11 is 0. The lowest BCUT2D eigenvalue weighted by Crippen LogP contribution is -2.51. The molecule has 2 saturated heterocycles. The van der Waals surface area contributed by atoms with Gasteiger partial charge in [0.25, 0.3) is 0 Å². The third-order valence-corrected chi connectivity index (χ3v) is 5.77. The first-order chi connectivity index (χ1) is 14.3. The molecule has 6 heteroatoms. The SMILES string of the molecule is CN=C(NCCCOCC1CCOCC1)NC1CCCN(Cc2ccccc2)C1. The molecule has 2 aliphatic rings. The maximum absolute atomic E-state index is 5.85. The lowest BCUT2D eigenvalue weighted by molar-refractivity contribution is 0.0203. The molecular weight excluding hydrogens is 364 g/mol. The second-order valence-corrected chi connectivity index (χ2v) is 8.19. The predicted molar refractivity (Wildman–Crippen MR) is 118 cm³/mol. The van der Waals surface area contributed by atoms with Crippen molar-refractivity contribution in [3.63, 3.8) is 0 Å². The molecule has 0 spiro atoms. The van der Waals surface area contributed by atoms with Crippen LogP contribution in [0.5, 0.6) is 0 Å². The van der Waals surface area contributed by atoms with Gasteiger partial charge in [0.1, 0.15) is 0 Å². The van der Waals surface area contributed by atoms with Gasteiger partial charge in [-0.15, -0.1) is 0 Å². The Morgan fingerprint density at radius 3 is 2.83 bits per heavy atom. The van der Waals surface area contributed by atoms with Crippen LogP contribution < -0.4 is 10.6 Å². The summed E-state index contributed by atoms with van der Waals surface area (Å²) in [7, 11) is 1.85. The Kier molecular flexibility index (Phi) is 9.76. The third-order valence-electron chi connectivity index (χ3n) is 5.77. The van der Waals surface area contributed by atoms with E-state index < -0.39 is 0 Å². The second kappa shape index (κ2) is 12.8. The van der Waals surface area contributed by atoms with Crippen LogP contribution in [0.3, 0.4) is 0 Å². The zero-order chi connectivity index (χ0) is 20.2. The van der Waals surface area contributed by atoms with Crippen molar-refractivity contribution in [1.82, 2.24) is 15.5 Å². The molecule has 0 bridgehead atoms. The minimum atomic E-state index is 0.448. The van der Waals surface area contributed by atoms with Crippen molar-refractivity contribution in [2.45, 2.75) is 44.7 Å². The minimum Gasteiger partial charge on any atom is -0.381 e. The quantitative estimate of drug-likeness (QED) is 0.378. The first-order valence-corrected chi connectivity index (χ1v) is 11.2. The molecule has 0 radical (unpaired) electrons. The summed E-state index contributed by atoms with van der Waals surface area (Å²) in [6, 6.07) is 11.2. The lowest BCUT2D eigenvalue weighted by Gasteiger charge is -2.34. The van der Waals surface area contributed by atoms with E-state index in [-0.39, 0.29) is 0 Å². The van der Waals surface area contributed by atoms with E-state index in [2.05, 4.69) is 50.9 Å². The molecule has 2 fully saturated rings. The van der Waals surface area contributed by atoms with Crippen LogP contribution in [0.2, 0.25) is 0 Å². The highest BCUT2D eigenvalue weighted by atomic mass is 16.5. The van der Waals surface area contributed by atoms with E-state index in [0.29, 0.717) is 12.0 Å². The number of benzene rings is 1. The molecule has 6 nitrogen and oxygen atoms in total. The Morgan fingerprint density at radius 2 is 2.03 bits per heavy atom. The van der Waals surface area contributed by atoms with E-state index in [9.17, 15) is 0 Å². The fraction of sp³-hybridized carbons (Fsp3) is 0.696. The number of nitrogens with one attached hydrogen (secondary N) is 2. The molecule has 1 aromatic rings. The van der Waals surface area contributed by atoms with Crippen molar-refractivity contribution in [2.24, 2.45) is 10.9 Å². The average Bonchev–Trinajstić information content (AvgIpc) is 2.77. The molecule has 2 heterocycles. The monoisotopic (exact) mass is 402 g/mol. The summed E-state index contributed by atoms with van der Waals surface area (Å²) < 4.78 is 11.2. The maximum Gasteiger partial charge on any atom is 0.191 e. The Labute approximate surface area is 176 Å².